The lowest BCUT2D eigenvalue weighted by Gasteiger charge is -2.25. The first-order valence-electron chi connectivity index (χ1n) is 9.56. The molecule has 31 heavy (non-hydrogen) atoms. The Balaban J connectivity index is 1.76. The van der Waals surface area contributed by atoms with E-state index in [4.69, 9.17) is 0 Å². The molecular formula is C22H20F2N4O2S. The molecule has 2 heterocycles. The molecule has 3 aromatic rings. The van der Waals surface area contributed by atoms with E-state index in [1.54, 1.807) is 0 Å². The standard InChI is InChI=1S/C22H20F2N4O2S/c1-13-5-3-6-14(2)15(13)11-16-17(23)8-9-20-21(16)27-22(28-31(20,29)30)26-12-19-18(24)7-4-10-25-19/h3-10H,11-12H2,1-2H3,(H2,26,27,28). The molecule has 0 fully saturated rings. The predicted octanol–water partition coefficient (Wildman–Crippen LogP) is 3.83. The van der Waals surface area contributed by atoms with Crippen LogP contribution in [0.15, 0.2) is 58.5 Å². The Hall–Kier alpha value is -3.33. The van der Waals surface area contributed by atoms with Gasteiger partial charge in [0.05, 0.1) is 17.9 Å². The number of nitrogens with one attached hydrogen (secondary N) is 2. The van der Waals surface area contributed by atoms with Gasteiger partial charge >= 0.3 is 0 Å². The quantitative estimate of drug-likeness (QED) is 0.643. The van der Waals surface area contributed by atoms with Gasteiger partial charge in [-0.05, 0) is 54.8 Å². The molecule has 2 aromatic carbocycles. The second-order valence-electron chi connectivity index (χ2n) is 7.27. The van der Waals surface area contributed by atoms with Crippen LogP contribution in [0.5, 0.6) is 0 Å². The maximum Gasteiger partial charge on any atom is 0.266 e. The summed E-state index contributed by atoms with van der Waals surface area (Å²) < 4.78 is 56.5. The van der Waals surface area contributed by atoms with Gasteiger partial charge in [-0.25, -0.2) is 26.9 Å². The number of guanidine groups is 1. The number of pyridine rings is 1. The van der Waals surface area contributed by atoms with Crippen molar-refractivity contribution in [3.63, 3.8) is 0 Å². The first kappa shape index (κ1) is 20.9. The summed E-state index contributed by atoms with van der Waals surface area (Å²) in [5, 5.41) is 2.88. The summed E-state index contributed by atoms with van der Waals surface area (Å²) in [7, 11) is -3.98. The number of sulfonamides is 1. The van der Waals surface area contributed by atoms with Crippen LogP contribution in [-0.2, 0) is 23.0 Å². The minimum absolute atomic E-state index is 0.0665. The minimum Gasteiger partial charge on any atom is -0.324 e. The summed E-state index contributed by atoms with van der Waals surface area (Å²) >= 11 is 0. The van der Waals surface area contributed by atoms with Gasteiger partial charge in [-0.15, -0.1) is 0 Å². The minimum atomic E-state index is -3.98. The highest BCUT2D eigenvalue weighted by Gasteiger charge is 2.30. The number of hydrogen-bond acceptors (Lipinski definition) is 4. The zero-order valence-electron chi connectivity index (χ0n) is 16.9. The van der Waals surface area contributed by atoms with Gasteiger partial charge in [0.15, 0.2) is 0 Å². The molecule has 0 radical (unpaired) electrons. The lowest BCUT2D eigenvalue weighted by molar-refractivity contribution is 0.588. The number of nitrogens with zero attached hydrogens (tertiary/aromatic N) is 2. The molecule has 0 amide bonds. The van der Waals surface area contributed by atoms with Gasteiger partial charge in [-0.3, -0.25) is 4.98 Å². The molecule has 2 N–H and O–H groups in total. The maximum atomic E-state index is 14.9. The molecule has 1 aliphatic heterocycles. The third kappa shape index (κ3) is 4.13. The Labute approximate surface area is 179 Å². The number of aliphatic imine (C=N–C) groups is 1. The molecule has 4 rings (SSSR count). The van der Waals surface area contributed by atoms with Gasteiger partial charge < -0.3 is 5.32 Å². The third-order valence-corrected chi connectivity index (χ3v) is 6.58. The Morgan fingerprint density at radius 1 is 0.968 bits per heavy atom. The molecule has 1 aromatic heterocycles. The van der Waals surface area contributed by atoms with Gasteiger partial charge in [-0.2, -0.15) is 0 Å². The van der Waals surface area contributed by atoms with E-state index in [-0.39, 0.29) is 40.8 Å². The van der Waals surface area contributed by atoms with Crippen LogP contribution < -0.4 is 10.0 Å². The van der Waals surface area contributed by atoms with Crippen LogP contribution in [0.25, 0.3) is 0 Å². The summed E-state index contributed by atoms with van der Waals surface area (Å²) in [5.41, 5.74) is 3.29. The first-order valence-corrected chi connectivity index (χ1v) is 11.0. The van der Waals surface area contributed by atoms with Crippen molar-refractivity contribution in [2.24, 2.45) is 4.99 Å². The summed E-state index contributed by atoms with van der Waals surface area (Å²) in [6.45, 7) is 3.67. The van der Waals surface area contributed by atoms with E-state index in [1.165, 1.54) is 24.4 Å². The van der Waals surface area contributed by atoms with Crippen molar-refractivity contribution in [1.29, 1.82) is 0 Å². The van der Waals surface area contributed by atoms with E-state index in [0.717, 1.165) is 22.8 Å². The molecular weight excluding hydrogens is 422 g/mol. The van der Waals surface area contributed by atoms with E-state index >= 15 is 0 Å². The molecule has 9 heteroatoms. The van der Waals surface area contributed by atoms with E-state index in [9.17, 15) is 17.2 Å². The zero-order valence-corrected chi connectivity index (χ0v) is 17.7. The topological polar surface area (TPSA) is 83.4 Å². The number of anilines is 1. The third-order valence-electron chi connectivity index (χ3n) is 5.20. The molecule has 0 spiro atoms. The Morgan fingerprint density at radius 2 is 1.71 bits per heavy atom. The molecule has 0 saturated heterocycles. The zero-order chi connectivity index (χ0) is 22.2. The fourth-order valence-corrected chi connectivity index (χ4v) is 4.70. The van der Waals surface area contributed by atoms with Crippen LogP contribution in [0.3, 0.4) is 0 Å². The highest BCUT2D eigenvalue weighted by Crippen LogP contribution is 2.33. The number of rotatable bonds is 4. The SMILES string of the molecule is Cc1cccc(C)c1Cc1c(F)ccc2c1NC(=NCc1ncccc1F)NS2(=O)=O. The molecule has 0 atom stereocenters. The summed E-state index contributed by atoms with van der Waals surface area (Å²) in [4.78, 5) is 7.94. The van der Waals surface area contributed by atoms with Crippen LogP contribution in [0.1, 0.15) is 27.9 Å². The predicted molar refractivity (Wildman–Crippen MR) is 114 cm³/mol. The lowest BCUT2D eigenvalue weighted by Crippen LogP contribution is -2.41. The van der Waals surface area contributed by atoms with Crippen LogP contribution in [0.2, 0.25) is 0 Å². The molecule has 0 saturated carbocycles. The number of halogens is 2. The molecule has 1 aliphatic rings. The number of aryl methyl sites for hydroxylation is 2. The number of benzene rings is 2. The molecule has 0 unspecified atom stereocenters. The van der Waals surface area contributed by atoms with Crippen molar-refractivity contribution in [3.05, 3.63) is 88.2 Å². The van der Waals surface area contributed by atoms with Gasteiger partial charge in [0.1, 0.15) is 16.5 Å². The summed E-state index contributed by atoms with van der Waals surface area (Å²) in [6.07, 6.45) is 1.63. The molecule has 160 valence electrons. The number of hydrogen-bond donors (Lipinski definition) is 2. The molecule has 6 nitrogen and oxygen atoms in total. The normalized spacial score (nSPS) is 15.8. The second kappa shape index (κ2) is 8.07. The first-order chi connectivity index (χ1) is 14.8. The highest BCUT2D eigenvalue weighted by atomic mass is 32.2. The monoisotopic (exact) mass is 442 g/mol. The largest absolute Gasteiger partial charge is 0.324 e. The fraction of sp³-hybridized carbons (Fsp3) is 0.182. The maximum absolute atomic E-state index is 14.9. The molecule has 0 aliphatic carbocycles. The van der Waals surface area contributed by atoms with Crippen molar-refractivity contribution in [2.45, 2.75) is 31.7 Å². The lowest BCUT2D eigenvalue weighted by atomic mass is 9.95. The van der Waals surface area contributed by atoms with E-state index in [0.29, 0.717) is 0 Å². The van der Waals surface area contributed by atoms with Crippen molar-refractivity contribution in [2.75, 3.05) is 5.32 Å². The van der Waals surface area contributed by atoms with Crippen molar-refractivity contribution < 1.29 is 17.2 Å². The van der Waals surface area contributed by atoms with E-state index in [2.05, 4.69) is 20.0 Å². The van der Waals surface area contributed by atoms with Crippen LogP contribution in [-0.4, -0.2) is 19.4 Å². The average Bonchev–Trinajstić information content (AvgIpc) is 2.71. The van der Waals surface area contributed by atoms with Gasteiger partial charge in [0.25, 0.3) is 10.0 Å². The second-order valence-corrected chi connectivity index (χ2v) is 8.92. The van der Waals surface area contributed by atoms with Crippen molar-refractivity contribution in [1.82, 2.24) is 9.71 Å². The van der Waals surface area contributed by atoms with E-state index in [1.807, 2.05) is 32.0 Å². The van der Waals surface area contributed by atoms with Crippen LogP contribution in [0.4, 0.5) is 14.5 Å². The van der Waals surface area contributed by atoms with Crippen LogP contribution in [0, 0.1) is 25.5 Å². The van der Waals surface area contributed by atoms with Gasteiger partial charge in [0.2, 0.25) is 5.96 Å². The van der Waals surface area contributed by atoms with E-state index < -0.39 is 21.7 Å². The van der Waals surface area contributed by atoms with Crippen molar-refractivity contribution >= 4 is 21.7 Å². The fourth-order valence-electron chi connectivity index (χ4n) is 3.53. The highest BCUT2D eigenvalue weighted by molar-refractivity contribution is 7.90. The van der Waals surface area contributed by atoms with Gasteiger partial charge in [0, 0.05) is 18.2 Å². The number of aromatic nitrogens is 1. The number of fused-ring (bicyclic) bond motifs is 1. The summed E-state index contributed by atoms with van der Waals surface area (Å²) in [5.74, 6) is -1.19. The Morgan fingerprint density at radius 3 is 2.42 bits per heavy atom. The smallest absolute Gasteiger partial charge is 0.266 e. The van der Waals surface area contributed by atoms with Crippen LogP contribution >= 0.6 is 0 Å². The summed E-state index contributed by atoms with van der Waals surface area (Å²) in [6, 6.07) is 10.8. The Kier molecular flexibility index (Phi) is 5.45. The average molecular weight is 442 g/mol. The van der Waals surface area contributed by atoms with Gasteiger partial charge in [-0.1, -0.05) is 18.2 Å². The molecule has 0 bridgehead atoms. The van der Waals surface area contributed by atoms with Crippen molar-refractivity contribution in [3.8, 4) is 0 Å². The Bertz CT molecular complexity index is 1290.